The molecule has 2 aromatic heterocycles. The number of rotatable bonds is 5. The van der Waals surface area contributed by atoms with Gasteiger partial charge in [-0.15, -0.1) is 0 Å². The Bertz CT molecular complexity index is 1080. The van der Waals surface area contributed by atoms with Crippen molar-refractivity contribution in [2.45, 2.75) is 24.8 Å². The summed E-state index contributed by atoms with van der Waals surface area (Å²) in [4.78, 5) is 18.1. The minimum Gasteiger partial charge on any atom is -0.338 e. The normalized spacial score (nSPS) is 10.9. The average Bonchev–Trinajstić information content (AvgIpc) is 2.71. The van der Waals surface area contributed by atoms with Crippen molar-refractivity contribution in [3.05, 3.63) is 77.6 Å². The van der Waals surface area contributed by atoms with Crippen LogP contribution in [-0.4, -0.2) is 19.9 Å². The molecule has 4 aromatic rings. The molecule has 4 rings (SSSR count). The third-order valence-electron chi connectivity index (χ3n) is 4.38. The van der Waals surface area contributed by atoms with Crippen LogP contribution in [-0.2, 0) is 5.75 Å². The molecule has 0 amide bonds. The van der Waals surface area contributed by atoms with E-state index in [9.17, 15) is 0 Å². The molecule has 2 heterocycles. The fraction of sp³-hybridized carbons (Fsp3) is 0.143. The monoisotopic (exact) mass is 373 g/mol. The Hall–Kier alpha value is -2.99. The van der Waals surface area contributed by atoms with Crippen LogP contribution in [0.25, 0.3) is 11.2 Å². The van der Waals surface area contributed by atoms with Crippen LogP contribution in [0.4, 0.5) is 11.5 Å². The fourth-order valence-corrected chi connectivity index (χ4v) is 3.53. The first-order valence-corrected chi connectivity index (χ1v) is 9.68. The van der Waals surface area contributed by atoms with Gasteiger partial charge in [-0.05, 0) is 36.6 Å². The van der Waals surface area contributed by atoms with E-state index in [2.05, 4.69) is 52.3 Å². The highest BCUT2D eigenvalue weighted by Gasteiger charge is 2.12. The molecule has 5 nitrogen and oxygen atoms in total. The second-order valence-electron chi connectivity index (χ2n) is 6.23. The van der Waals surface area contributed by atoms with Crippen LogP contribution < -0.4 is 5.32 Å². The lowest BCUT2D eigenvalue weighted by Gasteiger charge is -2.12. The lowest BCUT2D eigenvalue weighted by molar-refractivity contribution is 0.982. The van der Waals surface area contributed by atoms with Crippen LogP contribution in [0.5, 0.6) is 0 Å². The molecular weight excluding hydrogens is 354 g/mol. The lowest BCUT2D eigenvalue weighted by atomic mass is 10.1. The predicted molar refractivity (Wildman–Crippen MR) is 110 cm³/mol. The lowest BCUT2D eigenvalue weighted by Crippen LogP contribution is -2.02. The fourth-order valence-electron chi connectivity index (χ4n) is 2.73. The van der Waals surface area contributed by atoms with E-state index in [4.69, 9.17) is 4.98 Å². The Kier molecular flexibility index (Phi) is 4.98. The highest BCUT2D eigenvalue weighted by atomic mass is 32.2. The minimum atomic E-state index is 0.593. The number of hydrogen-bond acceptors (Lipinski definition) is 6. The van der Waals surface area contributed by atoms with Crippen molar-refractivity contribution in [3.63, 3.8) is 0 Å². The first-order chi connectivity index (χ1) is 13.2. The van der Waals surface area contributed by atoms with Gasteiger partial charge >= 0.3 is 0 Å². The van der Waals surface area contributed by atoms with Gasteiger partial charge in [0.2, 0.25) is 0 Å². The molecule has 2 aromatic carbocycles. The molecule has 0 radical (unpaired) electrons. The van der Waals surface area contributed by atoms with Crippen molar-refractivity contribution in [1.82, 2.24) is 19.9 Å². The summed E-state index contributed by atoms with van der Waals surface area (Å²) in [5.74, 6) is 1.48. The van der Waals surface area contributed by atoms with Gasteiger partial charge in [0.25, 0.3) is 0 Å². The summed E-state index contributed by atoms with van der Waals surface area (Å²) in [5, 5.41) is 4.11. The maximum Gasteiger partial charge on any atom is 0.192 e. The number of fused-ring (bicyclic) bond motifs is 1. The molecule has 0 unspecified atom stereocenters. The molecule has 0 atom stereocenters. The molecule has 0 aliphatic heterocycles. The van der Waals surface area contributed by atoms with Gasteiger partial charge in [-0.1, -0.05) is 54.2 Å². The van der Waals surface area contributed by atoms with Crippen LogP contribution in [0, 0.1) is 13.8 Å². The first kappa shape index (κ1) is 17.4. The molecular formula is C21H19N5S. The number of aromatic nitrogens is 4. The summed E-state index contributed by atoms with van der Waals surface area (Å²) < 4.78 is 0. The maximum absolute atomic E-state index is 4.72. The van der Waals surface area contributed by atoms with Gasteiger partial charge in [0.1, 0.15) is 0 Å². The van der Waals surface area contributed by atoms with Crippen LogP contribution in [0.2, 0.25) is 0 Å². The standard InChI is InChI=1S/C21H19N5S/c1-14-7-6-10-17(15(14)2)24-20-18-19(23-12-11-22-18)25-21(26-20)27-13-16-8-4-3-5-9-16/h3-12H,13H2,1-2H3,(H,23,24,25,26). The van der Waals surface area contributed by atoms with Crippen molar-refractivity contribution < 1.29 is 0 Å². The molecule has 1 N–H and O–H groups in total. The summed E-state index contributed by atoms with van der Waals surface area (Å²) in [7, 11) is 0. The van der Waals surface area contributed by atoms with Gasteiger partial charge in [-0.2, -0.15) is 0 Å². The Morgan fingerprint density at radius 1 is 0.889 bits per heavy atom. The quantitative estimate of drug-likeness (QED) is 0.389. The third-order valence-corrected chi connectivity index (χ3v) is 5.30. The molecule has 134 valence electrons. The minimum absolute atomic E-state index is 0.593. The van der Waals surface area contributed by atoms with E-state index in [1.165, 1.54) is 16.7 Å². The van der Waals surface area contributed by atoms with Gasteiger partial charge < -0.3 is 5.32 Å². The largest absolute Gasteiger partial charge is 0.338 e. The second-order valence-corrected chi connectivity index (χ2v) is 7.17. The zero-order valence-electron chi connectivity index (χ0n) is 15.2. The Morgan fingerprint density at radius 3 is 2.56 bits per heavy atom. The zero-order chi connectivity index (χ0) is 18.6. The molecule has 0 bridgehead atoms. The number of hydrogen-bond donors (Lipinski definition) is 1. The van der Waals surface area contributed by atoms with Crippen molar-refractivity contribution in [2.24, 2.45) is 0 Å². The van der Waals surface area contributed by atoms with Gasteiger partial charge in [-0.3, -0.25) is 0 Å². The summed E-state index contributed by atoms with van der Waals surface area (Å²) in [5.41, 5.74) is 5.92. The molecule has 0 spiro atoms. The zero-order valence-corrected chi connectivity index (χ0v) is 16.0. The van der Waals surface area contributed by atoms with Crippen molar-refractivity contribution >= 4 is 34.4 Å². The van der Waals surface area contributed by atoms with Crippen molar-refractivity contribution in [1.29, 1.82) is 0 Å². The van der Waals surface area contributed by atoms with Crippen LogP contribution >= 0.6 is 11.8 Å². The van der Waals surface area contributed by atoms with E-state index in [0.717, 1.165) is 11.4 Å². The van der Waals surface area contributed by atoms with E-state index in [0.29, 0.717) is 22.1 Å². The number of benzene rings is 2. The van der Waals surface area contributed by atoms with Crippen LogP contribution in [0.15, 0.2) is 66.1 Å². The number of anilines is 2. The summed E-state index contributed by atoms with van der Waals surface area (Å²) in [6.45, 7) is 4.19. The molecule has 0 fully saturated rings. The molecule has 0 saturated carbocycles. The number of nitrogens with zero attached hydrogens (tertiary/aromatic N) is 4. The number of thioether (sulfide) groups is 1. The SMILES string of the molecule is Cc1cccc(Nc2nc(SCc3ccccc3)nc3nccnc23)c1C. The second kappa shape index (κ2) is 7.72. The summed E-state index contributed by atoms with van der Waals surface area (Å²) >= 11 is 1.59. The van der Waals surface area contributed by atoms with E-state index in [-0.39, 0.29) is 0 Å². The highest BCUT2D eigenvalue weighted by molar-refractivity contribution is 7.98. The molecule has 0 aliphatic rings. The third kappa shape index (κ3) is 3.90. The number of aryl methyl sites for hydroxylation is 1. The Balaban J connectivity index is 1.69. The van der Waals surface area contributed by atoms with Crippen molar-refractivity contribution in [3.8, 4) is 0 Å². The molecule has 0 saturated heterocycles. The topological polar surface area (TPSA) is 63.6 Å². The molecule has 27 heavy (non-hydrogen) atoms. The van der Waals surface area contributed by atoms with Crippen molar-refractivity contribution in [2.75, 3.05) is 5.32 Å². The Morgan fingerprint density at radius 2 is 1.70 bits per heavy atom. The van der Waals surface area contributed by atoms with Gasteiger partial charge in [-0.25, -0.2) is 19.9 Å². The smallest absolute Gasteiger partial charge is 0.192 e. The first-order valence-electron chi connectivity index (χ1n) is 8.69. The van der Waals surface area contributed by atoms with E-state index < -0.39 is 0 Å². The Labute approximate surface area is 162 Å². The molecule has 0 aliphatic carbocycles. The predicted octanol–water partition coefficient (Wildman–Crippen LogP) is 5.07. The van der Waals surface area contributed by atoms with Crippen LogP contribution in [0.1, 0.15) is 16.7 Å². The maximum atomic E-state index is 4.72. The van der Waals surface area contributed by atoms with E-state index in [1.807, 2.05) is 30.3 Å². The number of nitrogens with one attached hydrogen (secondary N) is 1. The van der Waals surface area contributed by atoms with Crippen LogP contribution in [0.3, 0.4) is 0 Å². The molecule has 6 heteroatoms. The van der Waals surface area contributed by atoms with Gasteiger partial charge in [0, 0.05) is 23.8 Å². The van der Waals surface area contributed by atoms with E-state index in [1.54, 1.807) is 24.2 Å². The summed E-state index contributed by atoms with van der Waals surface area (Å²) in [6.07, 6.45) is 3.32. The summed E-state index contributed by atoms with van der Waals surface area (Å²) in [6, 6.07) is 16.5. The highest BCUT2D eigenvalue weighted by Crippen LogP contribution is 2.28. The average molecular weight is 373 g/mol. The van der Waals surface area contributed by atoms with Gasteiger partial charge in [0.15, 0.2) is 22.1 Å². The van der Waals surface area contributed by atoms with E-state index >= 15 is 0 Å². The van der Waals surface area contributed by atoms with Gasteiger partial charge in [0.05, 0.1) is 0 Å².